The van der Waals surface area contributed by atoms with Crippen molar-refractivity contribution in [3.8, 4) is 11.4 Å². The van der Waals surface area contributed by atoms with Crippen LogP contribution in [0, 0.1) is 11.6 Å². The first kappa shape index (κ1) is 7.46. The first-order valence-electron chi connectivity index (χ1n) is 10.4. The van der Waals surface area contributed by atoms with E-state index in [4.69, 9.17) is 23.9 Å². The summed E-state index contributed by atoms with van der Waals surface area (Å²) >= 11 is 6.09. The van der Waals surface area contributed by atoms with Crippen LogP contribution >= 0.6 is 11.6 Å². The summed E-state index contributed by atoms with van der Waals surface area (Å²) in [5.41, 5.74) is -4.90. The molecule has 0 fully saturated rings. The van der Waals surface area contributed by atoms with E-state index in [2.05, 4.69) is 15.3 Å². The van der Waals surface area contributed by atoms with Gasteiger partial charge in [0.05, 0.1) is 5.56 Å². The Morgan fingerprint density at radius 1 is 1.18 bits per heavy atom. The molecule has 0 aliphatic rings. The van der Waals surface area contributed by atoms with E-state index in [1.54, 1.807) is 0 Å². The molecule has 0 amide bonds. The Labute approximate surface area is 143 Å². The molecule has 22 heavy (non-hydrogen) atoms. The minimum absolute atomic E-state index is 0.317. The molecule has 2 aromatic heterocycles. The monoisotopic (exact) mass is 331 g/mol. The third-order valence-electron chi connectivity index (χ3n) is 2.92. The van der Waals surface area contributed by atoms with E-state index >= 15 is 0 Å². The largest absolute Gasteiger partial charge is 0.207 e. The average molecular weight is 332 g/mol. The second kappa shape index (κ2) is 4.98. The summed E-state index contributed by atoms with van der Waals surface area (Å²) in [4.78, 5) is 0. The van der Waals surface area contributed by atoms with Gasteiger partial charge in [-0.15, -0.1) is 10.2 Å². The maximum Gasteiger partial charge on any atom is 0.188 e. The molecular formula is C15H13ClF2N4. The lowest BCUT2D eigenvalue weighted by Gasteiger charge is -2.19. The van der Waals surface area contributed by atoms with Crippen molar-refractivity contribution >= 4 is 17.2 Å². The van der Waals surface area contributed by atoms with Crippen molar-refractivity contribution in [2.75, 3.05) is 0 Å². The van der Waals surface area contributed by atoms with Gasteiger partial charge in [0.15, 0.2) is 16.6 Å². The second-order valence-electron chi connectivity index (χ2n) is 4.52. The molecule has 2 heterocycles. The predicted molar refractivity (Wildman–Crippen MR) is 79.8 cm³/mol. The zero-order valence-corrected chi connectivity index (χ0v) is 11.5. The van der Waals surface area contributed by atoms with Crippen LogP contribution in [0.25, 0.3) is 17.0 Å². The lowest BCUT2D eigenvalue weighted by atomic mass is 9.88. The van der Waals surface area contributed by atoms with Crippen LogP contribution < -0.4 is 0 Å². The Balaban J connectivity index is 2.38. The van der Waals surface area contributed by atoms with Crippen LogP contribution in [-0.2, 0) is 5.41 Å². The van der Waals surface area contributed by atoms with Gasteiger partial charge >= 0.3 is 0 Å². The lowest BCUT2D eigenvalue weighted by Crippen LogP contribution is -2.14. The van der Waals surface area contributed by atoms with E-state index in [1.807, 2.05) is 0 Å². The third-order valence-corrected chi connectivity index (χ3v) is 3.20. The first-order chi connectivity index (χ1) is 14.0. The minimum Gasteiger partial charge on any atom is -0.207 e. The Hall–Kier alpha value is -2.08. The average Bonchev–Trinajstić information content (AvgIpc) is 2.96. The number of hydrogen-bond donors (Lipinski definition) is 0. The van der Waals surface area contributed by atoms with Crippen LogP contribution in [0.1, 0.15) is 38.5 Å². The van der Waals surface area contributed by atoms with Gasteiger partial charge in [0.2, 0.25) is 0 Å². The molecule has 0 saturated heterocycles. The third kappa shape index (κ3) is 2.43. The van der Waals surface area contributed by atoms with Crippen LogP contribution in [0.3, 0.4) is 0 Å². The van der Waals surface area contributed by atoms with E-state index in [9.17, 15) is 8.78 Å². The summed E-state index contributed by atoms with van der Waals surface area (Å²) < 4.78 is 98.5. The van der Waals surface area contributed by atoms with Crippen molar-refractivity contribution in [1.29, 1.82) is 0 Å². The summed E-state index contributed by atoms with van der Waals surface area (Å²) in [6, 6.07) is 3.34. The summed E-state index contributed by atoms with van der Waals surface area (Å²) in [6.07, 6.45) is 0. The highest BCUT2D eigenvalue weighted by Gasteiger charge is 2.22. The molecule has 4 nitrogen and oxygen atoms in total. The fourth-order valence-corrected chi connectivity index (χ4v) is 2.18. The molecule has 0 radical (unpaired) electrons. The molecule has 7 heteroatoms. The maximum absolute atomic E-state index is 14.2. The van der Waals surface area contributed by atoms with Gasteiger partial charge in [0.1, 0.15) is 11.6 Å². The predicted octanol–water partition coefficient (Wildman–Crippen LogP) is 4.02. The van der Waals surface area contributed by atoms with Crippen molar-refractivity contribution in [2.24, 2.45) is 0 Å². The van der Waals surface area contributed by atoms with Crippen LogP contribution in [0.4, 0.5) is 8.78 Å². The Morgan fingerprint density at radius 3 is 2.68 bits per heavy atom. The number of aromatic nitrogens is 4. The number of halogens is 3. The van der Waals surface area contributed by atoms with Gasteiger partial charge in [-0.2, -0.15) is 9.61 Å². The number of fused-ring (bicyclic) bond motifs is 1. The normalized spacial score (nSPS) is 19.9. The molecule has 0 unspecified atom stereocenters. The van der Waals surface area contributed by atoms with E-state index in [-0.39, 0.29) is 17.0 Å². The molecule has 0 aliphatic carbocycles. The van der Waals surface area contributed by atoms with Crippen molar-refractivity contribution in [2.45, 2.75) is 26.0 Å². The highest BCUT2D eigenvalue weighted by molar-refractivity contribution is 6.30. The molecule has 114 valence electrons. The Morgan fingerprint density at radius 2 is 1.95 bits per heavy atom. The van der Waals surface area contributed by atoms with Crippen molar-refractivity contribution in [1.82, 2.24) is 19.8 Å². The van der Waals surface area contributed by atoms with Crippen LogP contribution in [0.5, 0.6) is 0 Å². The standard InChI is InChI=1S/C15H13ClF2N4/c1-15(2,3)10-7-12-19-20-14(22(12)21-13(10)16)9-6-8(17)4-5-11(9)18/h4-7H,1-3H3/i1D3,2D3,3D3. The zero-order valence-electron chi connectivity index (χ0n) is 19.7. The summed E-state index contributed by atoms with van der Waals surface area (Å²) in [6.45, 7) is -10.7. The number of nitrogens with zero attached hydrogens (tertiary/aromatic N) is 4. The quantitative estimate of drug-likeness (QED) is 0.676. The molecule has 0 aliphatic heterocycles. The summed E-state index contributed by atoms with van der Waals surface area (Å²) in [5, 5.41) is 10.4. The van der Waals surface area contributed by atoms with E-state index in [0.717, 1.165) is 28.8 Å². The van der Waals surface area contributed by atoms with E-state index < -0.39 is 48.3 Å². The van der Waals surface area contributed by atoms with Gasteiger partial charge in [0.25, 0.3) is 0 Å². The Bertz CT molecular complexity index is 1120. The molecule has 0 N–H and O–H groups in total. The molecule has 3 rings (SSSR count). The fourth-order valence-electron chi connectivity index (χ4n) is 1.91. The van der Waals surface area contributed by atoms with Gasteiger partial charge in [0, 0.05) is 17.9 Å². The lowest BCUT2D eigenvalue weighted by molar-refractivity contribution is 0.584. The molecule has 3 aromatic rings. The topological polar surface area (TPSA) is 43.1 Å². The van der Waals surface area contributed by atoms with Gasteiger partial charge < -0.3 is 0 Å². The molecule has 0 spiro atoms. The second-order valence-corrected chi connectivity index (χ2v) is 4.87. The van der Waals surface area contributed by atoms with Gasteiger partial charge in [-0.3, -0.25) is 0 Å². The number of rotatable bonds is 1. The number of benzene rings is 1. The highest BCUT2D eigenvalue weighted by atomic mass is 35.5. The van der Waals surface area contributed by atoms with Crippen LogP contribution in [-0.4, -0.2) is 19.8 Å². The van der Waals surface area contributed by atoms with Crippen LogP contribution in [0.2, 0.25) is 5.15 Å². The molecule has 0 bridgehead atoms. The van der Waals surface area contributed by atoms with Crippen molar-refractivity contribution < 1.29 is 21.1 Å². The zero-order chi connectivity index (χ0) is 23.6. The van der Waals surface area contributed by atoms with Crippen molar-refractivity contribution in [3.63, 3.8) is 0 Å². The highest BCUT2D eigenvalue weighted by Crippen LogP contribution is 2.30. The first-order valence-corrected chi connectivity index (χ1v) is 6.28. The van der Waals surface area contributed by atoms with E-state index in [0.29, 0.717) is 0 Å². The Kier molecular flexibility index (Phi) is 1.69. The fraction of sp³-hybridized carbons (Fsp3) is 0.267. The van der Waals surface area contributed by atoms with Gasteiger partial charge in [-0.05, 0) is 29.7 Å². The van der Waals surface area contributed by atoms with Crippen molar-refractivity contribution in [3.05, 3.63) is 46.6 Å². The molecular weight excluding hydrogens is 310 g/mol. The smallest absolute Gasteiger partial charge is 0.188 e. The van der Waals surface area contributed by atoms with E-state index in [1.165, 1.54) is 0 Å². The molecule has 0 atom stereocenters. The van der Waals surface area contributed by atoms with Crippen LogP contribution in [0.15, 0.2) is 24.3 Å². The molecule has 0 saturated carbocycles. The SMILES string of the molecule is [2H]C([2H])([2H])C(c1cc2nnc(-c3cc(F)ccc3F)n2nc1Cl)(C([2H])([2H])[2H])C([2H])([2H])[2H]. The summed E-state index contributed by atoms with van der Waals surface area (Å²) in [5.74, 6) is -1.98. The number of hydrogen-bond acceptors (Lipinski definition) is 3. The van der Waals surface area contributed by atoms with Gasteiger partial charge in [-0.1, -0.05) is 32.2 Å². The summed E-state index contributed by atoms with van der Waals surface area (Å²) in [7, 11) is 0. The minimum atomic E-state index is -3.56. The molecule has 1 aromatic carbocycles. The maximum atomic E-state index is 14.2. The van der Waals surface area contributed by atoms with Gasteiger partial charge in [-0.25, -0.2) is 8.78 Å².